The van der Waals surface area contributed by atoms with Crippen LogP contribution in [0, 0.1) is 12.8 Å². The van der Waals surface area contributed by atoms with Crippen molar-refractivity contribution in [2.45, 2.75) is 32.7 Å². The number of carbonyl (C=O) groups is 1. The number of hydrogen-bond acceptors (Lipinski definition) is 4. The van der Waals surface area contributed by atoms with Gasteiger partial charge in [0.2, 0.25) is 5.91 Å². The summed E-state index contributed by atoms with van der Waals surface area (Å²) < 4.78 is 1.94. The summed E-state index contributed by atoms with van der Waals surface area (Å²) in [6.07, 6.45) is 8.12. The quantitative estimate of drug-likeness (QED) is 0.849. The molecular weight excluding hydrogens is 290 g/mol. The third-order valence-corrected chi connectivity index (χ3v) is 4.34. The molecule has 1 unspecified atom stereocenters. The normalized spacial score (nSPS) is 17.3. The number of aryl methyl sites for hydroxylation is 1. The van der Waals surface area contributed by atoms with Gasteiger partial charge in [-0.2, -0.15) is 0 Å². The fourth-order valence-electron chi connectivity index (χ4n) is 2.97. The molecule has 1 amide bonds. The van der Waals surface area contributed by atoms with Gasteiger partial charge < -0.3 is 10.6 Å². The minimum atomic E-state index is 0.106. The average Bonchev–Trinajstić information content (AvgIpc) is 3.22. The molecule has 0 aliphatic carbocycles. The van der Waals surface area contributed by atoms with E-state index in [0.29, 0.717) is 18.9 Å². The first kappa shape index (κ1) is 15.7. The third-order valence-electron chi connectivity index (χ3n) is 4.34. The molecule has 2 aromatic heterocycles. The lowest BCUT2D eigenvalue weighted by Gasteiger charge is -2.12. The van der Waals surface area contributed by atoms with Crippen LogP contribution in [-0.4, -0.2) is 33.5 Å². The zero-order valence-corrected chi connectivity index (χ0v) is 13.5. The highest BCUT2D eigenvalue weighted by molar-refractivity contribution is 5.75. The zero-order valence-electron chi connectivity index (χ0n) is 13.5. The number of rotatable bonds is 6. The summed E-state index contributed by atoms with van der Waals surface area (Å²) in [6, 6.07) is 3.88. The second-order valence-corrected chi connectivity index (χ2v) is 6.00. The highest BCUT2D eigenvalue weighted by Gasteiger charge is 2.16. The van der Waals surface area contributed by atoms with Crippen molar-refractivity contribution in [2.75, 3.05) is 13.1 Å². The molecule has 1 fully saturated rings. The number of nitrogens with one attached hydrogen (secondary N) is 2. The molecule has 1 aliphatic rings. The predicted octanol–water partition coefficient (Wildman–Crippen LogP) is 1.58. The molecular formula is C17H23N5O. The minimum Gasteiger partial charge on any atom is -0.352 e. The lowest BCUT2D eigenvalue weighted by Crippen LogP contribution is -2.24. The van der Waals surface area contributed by atoms with E-state index in [1.54, 1.807) is 12.4 Å². The van der Waals surface area contributed by atoms with Gasteiger partial charge in [0.25, 0.3) is 0 Å². The second kappa shape index (κ2) is 7.37. The number of imidazole rings is 1. The van der Waals surface area contributed by atoms with Crippen LogP contribution in [-0.2, 0) is 11.3 Å². The largest absolute Gasteiger partial charge is 0.352 e. The monoisotopic (exact) mass is 313 g/mol. The van der Waals surface area contributed by atoms with Crippen molar-refractivity contribution in [3.05, 3.63) is 42.1 Å². The Labute approximate surface area is 136 Å². The van der Waals surface area contributed by atoms with Crippen molar-refractivity contribution in [3.8, 4) is 5.82 Å². The van der Waals surface area contributed by atoms with Crippen LogP contribution in [0.2, 0.25) is 0 Å². The van der Waals surface area contributed by atoms with Gasteiger partial charge >= 0.3 is 0 Å². The molecule has 1 aliphatic heterocycles. The van der Waals surface area contributed by atoms with Crippen LogP contribution in [0.15, 0.2) is 30.7 Å². The van der Waals surface area contributed by atoms with Crippen molar-refractivity contribution in [1.29, 1.82) is 0 Å². The van der Waals surface area contributed by atoms with Gasteiger partial charge in [-0.15, -0.1) is 0 Å². The average molecular weight is 313 g/mol. The molecule has 2 N–H and O–H groups in total. The van der Waals surface area contributed by atoms with Gasteiger partial charge in [-0.1, -0.05) is 6.07 Å². The maximum Gasteiger partial charge on any atom is 0.220 e. The van der Waals surface area contributed by atoms with Gasteiger partial charge in [-0.3, -0.25) is 9.36 Å². The Bertz CT molecular complexity index is 661. The van der Waals surface area contributed by atoms with E-state index < -0.39 is 0 Å². The third kappa shape index (κ3) is 3.96. The van der Waals surface area contributed by atoms with E-state index in [9.17, 15) is 4.79 Å². The highest BCUT2D eigenvalue weighted by atomic mass is 16.1. The van der Waals surface area contributed by atoms with E-state index in [1.165, 1.54) is 6.42 Å². The summed E-state index contributed by atoms with van der Waals surface area (Å²) in [5.74, 6) is 2.45. The van der Waals surface area contributed by atoms with Crippen LogP contribution >= 0.6 is 0 Å². The van der Waals surface area contributed by atoms with E-state index in [-0.39, 0.29) is 5.91 Å². The summed E-state index contributed by atoms with van der Waals surface area (Å²) in [7, 11) is 0. The molecule has 6 nitrogen and oxygen atoms in total. The zero-order chi connectivity index (χ0) is 16.1. The van der Waals surface area contributed by atoms with Gasteiger partial charge in [0.1, 0.15) is 11.6 Å². The fraction of sp³-hybridized carbons (Fsp3) is 0.471. The Morgan fingerprint density at radius 2 is 2.35 bits per heavy atom. The Hall–Kier alpha value is -2.21. The Morgan fingerprint density at radius 1 is 1.43 bits per heavy atom. The van der Waals surface area contributed by atoms with E-state index in [0.717, 1.165) is 36.7 Å². The predicted molar refractivity (Wildman–Crippen MR) is 88.2 cm³/mol. The van der Waals surface area contributed by atoms with E-state index >= 15 is 0 Å². The SMILES string of the molecule is Cc1nccn1-c1ncccc1CNC(=O)CCC1CCNC1. The summed E-state index contributed by atoms with van der Waals surface area (Å²) in [5.41, 5.74) is 0.990. The summed E-state index contributed by atoms with van der Waals surface area (Å²) in [5, 5.41) is 6.35. The molecule has 2 aromatic rings. The van der Waals surface area contributed by atoms with Gasteiger partial charge in [0.15, 0.2) is 0 Å². The van der Waals surface area contributed by atoms with Crippen molar-refractivity contribution < 1.29 is 4.79 Å². The van der Waals surface area contributed by atoms with Crippen LogP contribution in [0.25, 0.3) is 5.82 Å². The minimum absolute atomic E-state index is 0.106. The molecule has 6 heteroatoms. The Balaban J connectivity index is 1.58. The van der Waals surface area contributed by atoms with Crippen LogP contribution in [0.4, 0.5) is 0 Å². The molecule has 23 heavy (non-hydrogen) atoms. The number of hydrogen-bond donors (Lipinski definition) is 2. The second-order valence-electron chi connectivity index (χ2n) is 6.00. The first-order valence-corrected chi connectivity index (χ1v) is 8.15. The van der Waals surface area contributed by atoms with Crippen LogP contribution in [0.1, 0.15) is 30.7 Å². The first-order chi connectivity index (χ1) is 11.2. The van der Waals surface area contributed by atoms with Crippen LogP contribution < -0.4 is 10.6 Å². The van der Waals surface area contributed by atoms with E-state index in [2.05, 4.69) is 20.6 Å². The van der Waals surface area contributed by atoms with E-state index in [4.69, 9.17) is 0 Å². The fourth-order valence-corrected chi connectivity index (χ4v) is 2.97. The number of carbonyl (C=O) groups excluding carboxylic acids is 1. The first-order valence-electron chi connectivity index (χ1n) is 8.15. The molecule has 0 aromatic carbocycles. The summed E-state index contributed by atoms with van der Waals surface area (Å²) >= 11 is 0. The van der Waals surface area contributed by atoms with Crippen LogP contribution in [0.5, 0.6) is 0 Å². The number of pyridine rings is 1. The summed E-state index contributed by atoms with van der Waals surface area (Å²) in [6.45, 7) is 4.55. The molecule has 0 spiro atoms. The number of nitrogens with zero attached hydrogens (tertiary/aromatic N) is 3. The van der Waals surface area contributed by atoms with Gasteiger partial charge in [-0.25, -0.2) is 9.97 Å². The van der Waals surface area contributed by atoms with E-state index in [1.807, 2.05) is 29.8 Å². The molecule has 0 bridgehead atoms. The standard InChI is InChI=1S/C17H23N5O/c1-13-19-9-10-22(13)17-15(3-2-7-20-17)12-21-16(23)5-4-14-6-8-18-11-14/h2-3,7,9-10,14,18H,4-6,8,11-12H2,1H3,(H,21,23). The lowest BCUT2D eigenvalue weighted by atomic mass is 10.0. The summed E-state index contributed by atoms with van der Waals surface area (Å²) in [4.78, 5) is 20.7. The molecule has 122 valence electrons. The van der Waals surface area contributed by atoms with Gasteiger partial charge in [0.05, 0.1) is 0 Å². The molecule has 3 heterocycles. The lowest BCUT2D eigenvalue weighted by molar-refractivity contribution is -0.121. The van der Waals surface area contributed by atoms with Crippen molar-refractivity contribution in [3.63, 3.8) is 0 Å². The van der Waals surface area contributed by atoms with Gasteiger partial charge in [-0.05, 0) is 44.8 Å². The Kier molecular flexibility index (Phi) is 5.02. The molecule has 0 radical (unpaired) electrons. The maximum atomic E-state index is 12.1. The van der Waals surface area contributed by atoms with Crippen LogP contribution in [0.3, 0.4) is 0 Å². The Morgan fingerprint density at radius 3 is 3.09 bits per heavy atom. The van der Waals surface area contributed by atoms with Crippen molar-refractivity contribution in [1.82, 2.24) is 25.2 Å². The smallest absolute Gasteiger partial charge is 0.220 e. The molecule has 0 saturated carbocycles. The number of amides is 1. The van der Waals surface area contributed by atoms with Crippen molar-refractivity contribution >= 4 is 5.91 Å². The molecule has 1 atom stereocenters. The highest BCUT2D eigenvalue weighted by Crippen LogP contribution is 2.15. The molecule has 3 rings (SSSR count). The maximum absolute atomic E-state index is 12.1. The molecule has 1 saturated heterocycles. The van der Waals surface area contributed by atoms with Gasteiger partial charge in [0, 0.05) is 37.1 Å². The van der Waals surface area contributed by atoms with Crippen molar-refractivity contribution in [2.24, 2.45) is 5.92 Å². The number of aromatic nitrogens is 3. The topological polar surface area (TPSA) is 71.8 Å².